The summed E-state index contributed by atoms with van der Waals surface area (Å²) in [6, 6.07) is 94.3. The molecule has 0 saturated carbocycles. The van der Waals surface area contributed by atoms with Crippen LogP contribution in [0.3, 0.4) is 0 Å². The summed E-state index contributed by atoms with van der Waals surface area (Å²) in [6.07, 6.45) is 0. The molecule has 0 bridgehead atoms. The van der Waals surface area contributed by atoms with E-state index in [2.05, 4.69) is 260 Å². The number of rotatable bonds is 7. The molecule has 2 heterocycles. The summed E-state index contributed by atoms with van der Waals surface area (Å²) in [7, 11) is 0. The number of anilines is 3. The highest BCUT2D eigenvalue weighted by Gasteiger charge is 2.52. The largest absolute Gasteiger partial charge is 0.310 e. The van der Waals surface area contributed by atoms with Crippen molar-refractivity contribution in [2.24, 2.45) is 0 Å². The Morgan fingerprint density at radius 1 is 0.279 bits per heavy atom. The van der Waals surface area contributed by atoms with E-state index < -0.39 is 5.41 Å². The molecule has 318 valence electrons. The number of nitrogens with zero attached hydrogens (tertiary/aromatic N) is 3. The van der Waals surface area contributed by atoms with E-state index in [4.69, 9.17) is 9.97 Å². The third kappa shape index (κ3) is 6.35. The number of hydrogen-bond donors (Lipinski definition) is 0. The Morgan fingerprint density at radius 2 is 0.721 bits per heavy atom. The Labute approximate surface area is 397 Å². The summed E-state index contributed by atoms with van der Waals surface area (Å²) in [6.45, 7) is 0. The van der Waals surface area contributed by atoms with Crippen molar-refractivity contribution in [3.63, 3.8) is 0 Å². The van der Waals surface area contributed by atoms with Crippen LogP contribution in [0.2, 0.25) is 0 Å². The summed E-state index contributed by atoms with van der Waals surface area (Å²) >= 11 is 0. The van der Waals surface area contributed by atoms with Gasteiger partial charge in [0.2, 0.25) is 0 Å². The zero-order valence-corrected chi connectivity index (χ0v) is 37.2. The van der Waals surface area contributed by atoms with Gasteiger partial charge in [-0.1, -0.05) is 224 Å². The second-order valence-electron chi connectivity index (χ2n) is 17.7. The van der Waals surface area contributed by atoms with Crippen molar-refractivity contribution >= 4 is 17.1 Å². The molecular weight excluding hydrogens is 823 g/mol. The van der Waals surface area contributed by atoms with Gasteiger partial charge in [0, 0.05) is 22.4 Å². The summed E-state index contributed by atoms with van der Waals surface area (Å²) < 4.78 is 0. The standard InChI is InChI=1S/C65H43N3/c1-5-18-44(19-6-1)45-32-34-46(35-33-45)47-36-38-48(39-37-47)51-40-41-55-54(42-51)63-53(60-43-59(49-20-7-2-8-21-49)66-64(67-60)50-22-9-3-10-23-50)26-17-29-58(63)65(55)56-27-13-15-30-61(56)68(52-24-11-4-12-25-52)62-31-16-14-28-57(62)65/h1-43H. The van der Waals surface area contributed by atoms with Crippen LogP contribution < -0.4 is 4.90 Å². The molecule has 3 heteroatoms. The Bertz CT molecular complexity index is 3540. The van der Waals surface area contributed by atoms with Crippen LogP contribution in [0.1, 0.15) is 22.3 Å². The molecule has 0 fully saturated rings. The van der Waals surface area contributed by atoms with E-state index in [1.54, 1.807) is 0 Å². The Balaban J connectivity index is 1.03. The van der Waals surface area contributed by atoms with Gasteiger partial charge in [0.05, 0.1) is 28.2 Å². The summed E-state index contributed by atoms with van der Waals surface area (Å²) in [5.74, 6) is 0.697. The molecular formula is C65H43N3. The molecule has 1 aromatic heterocycles. The monoisotopic (exact) mass is 865 g/mol. The maximum absolute atomic E-state index is 5.45. The van der Waals surface area contributed by atoms with E-state index in [1.807, 2.05) is 6.07 Å². The van der Waals surface area contributed by atoms with E-state index in [1.165, 1.54) is 55.6 Å². The summed E-state index contributed by atoms with van der Waals surface area (Å²) in [4.78, 5) is 13.1. The van der Waals surface area contributed by atoms with Crippen LogP contribution in [0, 0.1) is 0 Å². The normalized spacial score (nSPS) is 12.8. The lowest BCUT2D eigenvalue weighted by atomic mass is 9.64. The van der Waals surface area contributed by atoms with Crippen molar-refractivity contribution in [3.05, 3.63) is 283 Å². The van der Waals surface area contributed by atoms with Gasteiger partial charge in [-0.15, -0.1) is 0 Å². The van der Waals surface area contributed by atoms with E-state index in [9.17, 15) is 0 Å². The van der Waals surface area contributed by atoms with Crippen LogP contribution in [0.15, 0.2) is 261 Å². The highest BCUT2D eigenvalue weighted by Crippen LogP contribution is 2.64. The van der Waals surface area contributed by atoms with Gasteiger partial charge in [-0.3, -0.25) is 0 Å². The molecule has 3 nitrogen and oxygen atoms in total. The lowest BCUT2D eigenvalue weighted by Gasteiger charge is -2.45. The molecule has 1 aliphatic heterocycles. The maximum Gasteiger partial charge on any atom is 0.160 e. The minimum atomic E-state index is -0.634. The molecule has 0 radical (unpaired) electrons. The first kappa shape index (κ1) is 39.4. The lowest BCUT2D eigenvalue weighted by molar-refractivity contribution is 0.753. The average molecular weight is 866 g/mol. The van der Waals surface area contributed by atoms with Crippen molar-refractivity contribution in [1.29, 1.82) is 0 Å². The number of benzene rings is 10. The van der Waals surface area contributed by atoms with Crippen LogP contribution in [0.5, 0.6) is 0 Å². The van der Waals surface area contributed by atoms with Gasteiger partial charge in [0.25, 0.3) is 0 Å². The number of hydrogen-bond acceptors (Lipinski definition) is 3. The van der Waals surface area contributed by atoms with Crippen molar-refractivity contribution in [2.75, 3.05) is 4.90 Å². The lowest BCUT2D eigenvalue weighted by Crippen LogP contribution is -2.36. The maximum atomic E-state index is 5.45. The van der Waals surface area contributed by atoms with Crippen molar-refractivity contribution < 1.29 is 0 Å². The second-order valence-corrected chi connectivity index (χ2v) is 17.7. The Hall–Kier alpha value is -8.92. The molecule has 1 aliphatic carbocycles. The van der Waals surface area contributed by atoms with Gasteiger partial charge in [-0.2, -0.15) is 0 Å². The molecule has 1 spiro atoms. The summed E-state index contributed by atoms with van der Waals surface area (Å²) in [5.41, 5.74) is 22.2. The summed E-state index contributed by atoms with van der Waals surface area (Å²) in [5, 5.41) is 0. The van der Waals surface area contributed by atoms with Crippen LogP contribution in [0.4, 0.5) is 17.1 Å². The first-order valence-corrected chi connectivity index (χ1v) is 23.3. The zero-order chi connectivity index (χ0) is 45.0. The molecule has 0 unspecified atom stereocenters. The van der Waals surface area contributed by atoms with Gasteiger partial charge in [-0.05, 0) is 103 Å². The fourth-order valence-corrected chi connectivity index (χ4v) is 10.9. The van der Waals surface area contributed by atoms with Crippen LogP contribution in [0.25, 0.3) is 78.4 Å². The van der Waals surface area contributed by atoms with E-state index >= 15 is 0 Å². The number of fused-ring (bicyclic) bond motifs is 9. The second kappa shape index (κ2) is 16.2. The predicted molar refractivity (Wildman–Crippen MR) is 280 cm³/mol. The van der Waals surface area contributed by atoms with Crippen molar-refractivity contribution in [1.82, 2.24) is 9.97 Å². The molecule has 11 aromatic rings. The third-order valence-corrected chi connectivity index (χ3v) is 13.9. The van der Waals surface area contributed by atoms with Crippen molar-refractivity contribution in [3.8, 4) is 78.4 Å². The highest BCUT2D eigenvalue weighted by atomic mass is 15.2. The average Bonchev–Trinajstić information content (AvgIpc) is 3.72. The molecule has 13 rings (SSSR count). The topological polar surface area (TPSA) is 29.0 Å². The first-order valence-electron chi connectivity index (χ1n) is 23.3. The number of aromatic nitrogens is 2. The SMILES string of the molecule is c1ccc(-c2ccc(-c3ccc(-c4ccc5c(c4)-c4c(-c6cc(-c7ccccc7)nc(-c7ccccc7)n6)cccc4C54c5ccccc5N(c5ccccc5)c5ccccc54)cc3)cc2)cc1. The van der Waals surface area contributed by atoms with E-state index in [-0.39, 0.29) is 0 Å². The van der Waals surface area contributed by atoms with Crippen LogP contribution in [-0.2, 0) is 5.41 Å². The molecule has 0 N–H and O–H groups in total. The van der Waals surface area contributed by atoms with Gasteiger partial charge < -0.3 is 4.90 Å². The smallest absolute Gasteiger partial charge is 0.160 e. The highest BCUT2D eigenvalue weighted by molar-refractivity contribution is 6.01. The molecule has 0 saturated heterocycles. The van der Waals surface area contributed by atoms with E-state index in [0.29, 0.717) is 5.82 Å². The molecule has 68 heavy (non-hydrogen) atoms. The van der Waals surface area contributed by atoms with E-state index in [0.717, 1.165) is 56.3 Å². The van der Waals surface area contributed by atoms with Crippen LogP contribution in [-0.4, -0.2) is 9.97 Å². The number of para-hydroxylation sites is 3. The molecule has 0 amide bonds. The van der Waals surface area contributed by atoms with Crippen LogP contribution >= 0.6 is 0 Å². The van der Waals surface area contributed by atoms with Gasteiger partial charge >= 0.3 is 0 Å². The first-order chi connectivity index (χ1) is 33.7. The van der Waals surface area contributed by atoms with Gasteiger partial charge in [-0.25, -0.2) is 9.97 Å². The third-order valence-electron chi connectivity index (χ3n) is 13.9. The predicted octanol–water partition coefficient (Wildman–Crippen LogP) is 16.6. The fraction of sp³-hybridized carbons (Fsp3) is 0.0154. The molecule has 2 aliphatic rings. The molecule has 0 atom stereocenters. The quantitative estimate of drug-likeness (QED) is 0.160. The minimum absolute atomic E-state index is 0.634. The Morgan fingerprint density at radius 3 is 1.31 bits per heavy atom. The van der Waals surface area contributed by atoms with Crippen molar-refractivity contribution in [2.45, 2.75) is 5.41 Å². The molecule has 10 aromatic carbocycles. The van der Waals surface area contributed by atoms with Gasteiger partial charge in [0.15, 0.2) is 5.82 Å². The minimum Gasteiger partial charge on any atom is -0.310 e. The Kier molecular flexibility index (Phi) is 9.40. The zero-order valence-electron chi connectivity index (χ0n) is 37.2. The fourth-order valence-electron chi connectivity index (χ4n) is 10.9. The van der Waals surface area contributed by atoms with Gasteiger partial charge in [0.1, 0.15) is 0 Å².